The predicted octanol–water partition coefficient (Wildman–Crippen LogP) is 7.27. The maximum Gasteiger partial charge on any atom is 0.257 e. The van der Waals surface area contributed by atoms with Crippen molar-refractivity contribution in [3.63, 3.8) is 0 Å². The number of benzene rings is 4. The number of amides is 1. The van der Waals surface area contributed by atoms with Crippen molar-refractivity contribution in [2.45, 2.75) is 6.92 Å². The monoisotopic (exact) mass is 474 g/mol. The van der Waals surface area contributed by atoms with Crippen LogP contribution in [0, 0.1) is 6.92 Å². The van der Waals surface area contributed by atoms with Crippen LogP contribution in [0.3, 0.4) is 0 Å². The zero-order valence-corrected chi connectivity index (χ0v) is 19.9. The van der Waals surface area contributed by atoms with E-state index in [1.165, 1.54) is 16.9 Å². The largest absolute Gasteiger partial charge is 0.298 e. The van der Waals surface area contributed by atoms with Crippen LogP contribution in [0.2, 0.25) is 0 Å². The molecule has 0 aliphatic carbocycles. The minimum atomic E-state index is -0.271. The van der Waals surface area contributed by atoms with Gasteiger partial charge in [0.2, 0.25) is 0 Å². The molecule has 5 heteroatoms. The molecule has 0 aliphatic rings. The van der Waals surface area contributed by atoms with Crippen LogP contribution in [-0.2, 0) is 0 Å². The van der Waals surface area contributed by atoms with Gasteiger partial charge >= 0.3 is 0 Å². The van der Waals surface area contributed by atoms with E-state index in [4.69, 9.17) is 4.98 Å². The van der Waals surface area contributed by atoms with Crippen LogP contribution in [0.5, 0.6) is 0 Å². The summed E-state index contributed by atoms with van der Waals surface area (Å²) in [7, 11) is 0. The number of carbonyl (C=O) groups is 2. The smallest absolute Gasteiger partial charge is 0.257 e. The molecule has 0 bridgehead atoms. The van der Waals surface area contributed by atoms with E-state index < -0.39 is 0 Å². The maximum absolute atomic E-state index is 13.0. The molecule has 1 aromatic heterocycles. The van der Waals surface area contributed by atoms with Gasteiger partial charge in [-0.05, 0) is 24.6 Å². The van der Waals surface area contributed by atoms with Gasteiger partial charge in [-0.1, -0.05) is 114 Å². The summed E-state index contributed by atoms with van der Waals surface area (Å²) >= 11 is 1.44. The number of thiazole rings is 1. The molecule has 0 saturated carbocycles. The first-order chi connectivity index (χ1) is 17.1. The molecule has 170 valence electrons. The Morgan fingerprint density at radius 3 is 1.89 bits per heavy atom. The highest BCUT2D eigenvalue weighted by Gasteiger charge is 2.17. The Hall–Kier alpha value is -4.35. The van der Waals surface area contributed by atoms with Gasteiger partial charge in [0.1, 0.15) is 0 Å². The first kappa shape index (κ1) is 22.4. The molecule has 35 heavy (non-hydrogen) atoms. The highest BCUT2D eigenvalue weighted by molar-refractivity contribution is 7.19. The highest BCUT2D eigenvalue weighted by Crippen LogP contribution is 2.39. The van der Waals surface area contributed by atoms with Crippen molar-refractivity contribution in [2.24, 2.45) is 0 Å². The maximum atomic E-state index is 13.0. The summed E-state index contributed by atoms with van der Waals surface area (Å²) in [5, 5.41) is 3.46. The summed E-state index contributed by atoms with van der Waals surface area (Å²) in [5.74, 6) is -0.347. The average Bonchev–Trinajstić information content (AvgIpc) is 3.33. The van der Waals surface area contributed by atoms with Crippen molar-refractivity contribution in [3.05, 3.63) is 131 Å². The Labute approximate surface area is 207 Å². The minimum absolute atomic E-state index is 0.0762. The fourth-order valence-corrected chi connectivity index (χ4v) is 4.75. The topological polar surface area (TPSA) is 59.1 Å². The van der Waals surface area contributed by atoms with Gasteiger partial charge < -0.3 is 0 Å². The Bertz CT molecular complexity index is 1470. The van der Waals surface area contributed by atoms with Gasteiger partial charge in [0, 0.05) is 22.3 Å². The summed E-state index contributed by atoms with van der Waals surface area (Å²) < 4.78 is 0. The van der Waals surface area contributed by atoms with Gasteiger partial charge in [-0.25, -0.2) is 4.98 Å². The molecule has 5 rings (SSSR count). The molecule has 1 heterocycles. The number of nitrogens with one attached hydrogen (secondary N) is 1. The molecule has 0 spiro atoms. The van der Waals surface area contributed by atoms with Crippen molar-refractivity contribution < 1.29 is 9.59 Å². The molecule has 5 aromatic rings. The van der Waals surface area contributed by atoms with Crippen molar-refractivity contribution in [1.29, 1.82) is 0 Å². The Balaban J connectivity index is 1.40. The number of ketones is 1. The van der Waals surface area contributed by atoms with Gasteiger partial charge in [-0.15, -0.1) is 0 Å². The molecule has 0 radical (unpaired) electrons. The van der Waals surface area contributed by atoms with Crippen LogP contribution in [-0.4, -0.2) is 16.7 Å². The number of anilines is 1. The van der Waals surface area contributed by atoms with Gasteiger partial charge in [-0.3, -0.25) is 14.9 Å². The summed E-state index contributed by atoms with van der Waals surface area (Å²) in [5.41, 5.74) is 5.66. The van der Waals surface area contributed by atoms with E-state index in [-0.39, 0.29) is 11.7 Å². The summed E-state index contributed by atoms with van der Waals surface area (Å²) in [6, 6.07) is 34.0. The second-order valence-electron chi connectivity index (χ2n) is 8.16. The Morgan fingerprint density at radius 2 is 1.23 bits per heavy atom. The third-order valence-electron chi connectivity index (χ3n) is 5.65. The standard InChI is InChI=1S/C30H22N2O2S/c1-20-12-14-21(15-13-20)26-28(24-10-6-3-7-11-24)35-30(31-26)32-29(34)25-18-16-23(17-19-25)27(33)22-8-4-2-5-9-22/h2-19H,1H3,(H,31,32,34). The zero-order valence-electron chi connectivity index (χ0n) is 19.1. The number of carbonyl (C=O) groups excluding carboxylic acids is 2. The van der Waals surface area contributed by atoms with E-state index in [0.717, 1.165) is 21.7 Å². The molecule has 0 fully saturated rings. The van der Waals surface area contributed by atoms with Crippen LogP contribution in [0.4, 0.5) is 5.13 Å². The Kier molecular flexibility index (Phi) is 6.33. The first-order valence-electron chi connectivity index (χ1n) is 11.2. The molecule has 0 atom stereocenters. The number of nitrogens with zero attached hydrogens (tertiary/aromatic N) is 1. The summed E-state index contributed by atoms with van der Waals surface area (Å²) in [4.78, 5) is 31.4. The average molecular weight is 475 g/mol. The van der Waals surface area contributed by atoms with E-state index in [0.29, 0.717) is 21.8 Å². The minimum Gasteiger partial charge on any atom is -0.298 e. The van der Waals surface area contributed by atoms with E-state index in [9.17, 15) is 9.59 Å². The summed E-state index contributed by atoms with van der Waals surface area (Å²) in [6.45, 7) is 2.05. The molecule has 1 N–H and O–H groups in total. The third kappa shape index (κ3) is 4.95. The fourth-order valence-electron chi connectivity index (χ4n) is 3.76. The van der Waals surface area contributed by atoms with Crippen molar-refractivity contribution in [1.82, 2.24) is 4.98 Å². The molecule has 0 unspecified atom stereocenters. The van der Waals surface area contributed by atoms with Gasteiger partial charge in [0.15, 0.2) is 10.9 Å². The molecule has 0 saturated heterocycles. The molecule has 1 amide bonds. The highest BCUT2D eigenvalue weighted by atomic mass is 32.1. The predicted molar refractivity (Wildman–Crippen MR) is 142 cm³/mol. The van der Waals surface area contributed by atoms with Gasteiger partial charge in [0.05, 0.1) is 10.6 Å². The van der Waals surface area contributed by atoms with Crippen molar-refractivity contribution >= 4 is 28.2 Å². The SMILES string of the molecule is Cc1ccc(-c2nc(NC(=O)c3ccc(C(=O)c4ccccc4)cc3)sc2-c2ccccc2)cc1. The normalized spacial score (nSPS) is 10.7. The van der Waals surface area contributed by atoms with Gasteiger partial charge in [-0.2, -0.15) is 0 Å². The lowest BCUT2D eigenvalue weighted by Crippen LogP contribution is -2.12. The molecule has 0 aliphatic heterocycles. The lowest BCUT2D eigenvalue weighted by atomic mass is 10.0. The van der Waals surface area contributed by atoms with Crippen LogP contribution >= 0.6 is 11.3 Å². The number of rotatable bonds is 6. The van der Waals surface area contributed by atoms with Crippen molar-refractivity contribution in [2.75, 3.05) is 5.32 Å². The van der Waals surface area contributed by atoms with Gasteiger partial charge in [0.25, 0.3) is 5.91 Å². The molecule has 4 nitrogen and oxygen atoms in total. The molecule has 4 aromatic carbocycles. The van der Waals surface area contributed by atoms with Crippen LogP contribution in [0.25, 0.3) is 21.7 Å². The first-order valence-corrected chi connectivity index (χ1v) is 12.0. The van der Waals surface area contributed by atoms with E-state index in [2.05, 4.69) is 17.4 Å². The number of hydrogen-bond donors (Lipinski definition) is 1. The number of hydrogen-bond acceptors (Lipinski definition) is 4. The second-order valence-corrected chi connectivity index (χ2v) is 9.15. The van der Waals surface area contributed by atoms with E-state index in [1.54, 1.807) is 36.4 Å². The molecular formula is C30H22N2O2S. The summed E-state index contributed by atoms with van der Waals surface area (Å²) in [6.07, 6.45) is 0. The lowest BCUT2D eigenvalue weighted by molar-refractivity contribution is 0.102. The zero-order chi connectivity index (χ0) is 24.2. The van der Waals surface area contributed by atoms with Crippen LogP contribution in [0.1, 0.15) is 31.8 Å². The lowest BCUT2D eigenvalue weighted by Gasteiger charge is -2.04. The second kappa shape index (κ2) is 9.87. The quantitative estimate of drug-likeness (QED) is 0.263. The van der Waals surface area contributed by atoms with E-state index in [1.807, 2.05) is 67.6 Å². The van der Waals surface area contributed by atoms with Crippen molar-refractivity contribution in [3.8, 4) is 21.7 Å². The Morgan fingerprint density at radius 1 is 0.657 bits per heavy atom. The number of aryl methyl sites for hydroxylation is 1. The van der Waals surface area contributed by atoms with Crippen LogP contribution in [0.15, 0.2) is 109 Å². The molecular weight excluding hydrogens is 452 g/mol. The van der Waals surface area contributed by atoms with Crippen LogP contribution < -0.4 is 5.32 Å². The number of aromatic nitrogens is 1. The fraction of sp³-hybridized carbons (Fsp3) is 0.0333. The third-order valence-corrected chi connectivity index (χ3v) is 6.67. The van der Waals surface area contributed by atoms with E-state index >= 15 is 0 Å².